The second-order valence-electron chi connectivity index (χ2n) is 2.75. The quantitative estimate of drug-likeness (QED) is 0.639. The molecule has 0 N–H and O–H groups in total. The maximum Gasteiger partial charge on any atom is 0.336 e. The Morgan fingerprint density at radius 2 is 2.23 bits per heavy atom. The van der Waals surface area contributed by atoms with Crippen LogP contribution < -0.4 is 0 Å². The molecule has 0 spiro atoms. The SMILES string of the molecule is Cc1ccc(/C=C2/C=CC(=O)O2)s1. The van der Waals surface area contributed by atoms with Crippen molar-refractivity contribution < 1.29 is 9.53 Å². The first kappa shape index (κ1) is 8.26. The van der Waals surface area contributed by atoms with Gasteiger partial charge in [-0.3, -0.25) is 0 Å². The Kier molecular flexibility index (Phi) is 2.02. The van der Waals surface area contributed by atoms with Crippen molar-refractivity contribution in [2.75, 3.05) is 0 Å². The summed E-state index contributed by atoms with van der Waals surface area (Å²) in [4.78, 5) is 13.1. The van der Waals surface area contributed by atoms with Gasteiger partial charge in [0.15, 0.2) is 0 Å². The van der Waals surface area contributed by atoms with Gasteiger partial charge in [-0.25, -0.2) is 4.79 Å². The molecule has 0 saturated heterocycles. The molecule has 0 aliphatic carbocycles. The van der Waals surface area contributed by atoms with E-state index in [-0.39, 0.29) is 5.97 Å². The second kappa shape index (κ2) is 3.18. The van der Waals surface area contributed by atoms with Gasteiger partial charge in [0.25, 0.3) is 0 Å². The Hall–Kier alpha value is -1.35. The normalized spacial score (nSPS) is 18.2. The monoisotopic (exact) mass is 192 g/mol. The average Bonchev–Trinajstić information content (AvgIpc) is 2.62. The Labute approximate surface area is 80.2 Å². The lowest BCUT2D eigenvalue weighted by Crippen LogP contribution is -1.89. The van der Waals surface area contributed by atoms with Crippen LogP contribution in [0, 0.1) is 6.92 Å². The number of hydrogen-bond acceptors (Lipinski definition) is 3. The zero-order valence-corrected chi connectivity index (χ0v) is 7.93. The summed E-state index contributed by atoms with van der Waals surface area (Å²) in [5, 5.41) is 0. The number of thiophene rings is 1. The first-order valence-electron chi connectivity index (χ1n) is 3.92. The Morgan fingerprint density at radius 3 is 2.77 bits per heavy atom. The molecule has 13 heavy (non-hydrogen) atoms. The van der Waals surface area contributed by atoms with E-state index in [0.29, 0.717) is 5.76 Å². The molecule has 0 atom stereocenters. The van der Waals surface area contributed by atoms with E-state index in [0.717, 1.165) is 4.88 Å². The van der Waals surface area contributed by atoms with Gasteiger partial charge >= 0.3 is 5.97 Å². The van der Waals surface area contributed by atoms with Crippen LogP contribution in [0.4, 0.5) is 0 Å². The summed E-state index contributed by atoms with van der Waals surface area (Å²) >= 11 is 1.67. The van der Waals surface area contributed by atoms with Gasteiger partial charge in [-0.15, -0.1) is 11.3 Å². The molecule has 0 amide bonds. The second-order valence-corrected chi connectivity index (χ2v) is 4.07. The van der Waals surface area contributed by atoms with Crippen LogP contribution in [-0.4, -0.2) is 5.97 Å². The van der Waals surface area contributed by atoms with Gasteiger partial charge in [-0.1, -0.05) is 0 Å². The van der Waals surface area contributed by atoms with Crippen molar-refractivity contribution in [1.29, 1.82) is 0 Å². The molecule has 1 aliphatic heterocycles. The summed E-state index contributed by atoms with van der Waals surface area (Å²) in [6.07, 6.45) is 4.96. The van der Waals surface area contributed by atoms with Crippen molar-refractivity contribution in [3.63, 3.8) is 0 Å². The van der Waals surface area contributed by atoms with Gasteiger partial charge in [-0.2, -0.15) is 0 Å². The minimum Gasteiger partial charge on any atom is -0.423 e. The number of aryl methyl sites for hydroxylation is 1. The fraction of sp³-hybridized carbons (Fsp3) is 0.100. The van der Waals surface area contributed by atoms with E-state index in [4.69, 9.17) is 4.74 Å². The minimum absolute atomic E-state index is 0.292. The van der Waals surface area contributed by atoms with Crippen LogP contribution in [0.25, 0.3) is 6.08 Å². The molecule has 2 heterocycles. The molecule has 1 aromatic heterocycles. The Bertz CT molecular complexity index is 399. The summed E-state index contributed by atoms with van der Waals surface area (Å²) in [7, 11) is 0. The van der Waals surface area contributed by atoms with Crippen molar-refractivity contribution in [3.8, 4) is 0 Å². The van der Waals surface area contributed by atoms with Crippen LogP contribution in [0.15, 0.2) is 30.0 Å². The molecule has 1 aliphatic rings. The highest BCUT2D eigenvalue weighted by Gasteiger charge is 2.09. The van der Waals surface area contributed by atoms with Crippen LogP contribution >= 0.6 is 11.3 Å². The molecule has 0 radical (unpaired) electrons. The molecule has 0 fully saturated rings. The Balaban J connectivity index is 2.22. The summed E-state index contributed by atoms with van der Waals surface area (Å²) in [5.74, 6) is 0.325. The standard InChI is InChI=1S/C10H8O2S/c1-7-2-4-9(13-7)6-8-3-5-10(11)12-8/h2-6H,1H3/b8-6-. The fourth-order valence-corrected chi connectivity index (χ4v) is 1.90. The van der Waals surface area contributed by atoms with Crippen molar-refractivity contribution >= 4 is 23.4 Å². The van der Waals surface area contributed by atoms with Crippen LogP contribution in [-0.2, 0) is 9.53 Å². The van der Waals surface area contributed by atoms with E-state index in [9.17, 15) is 4.79 Å². The topological polar surface area (TPSA) is 26.3 Å². The number of esters is 1. The molecule has 66 valence electrons. The predicted molar refractivity (Wildman–Crippen MR) is 52.3 cm³/mol. The molecular weight excluding hydrogens is 184 g/mol. The molecule has 1 aromatic rings. The highest BCUT2D eigenvalue weighted by molar-refractivity contribution is 7.12. The number of cyclic esters (lactones) is 1. The molecule has 0 aromatic carbocycles. The van der Waals surface area contributed by atoms with E-state index in [2.05, 4.69) is 0 Å². The first-order chi connectivity index (χ1) is 6.24. The lowest BCUT2D eigenvalue weighted by molar-refractivity contribution is -0.132. The van der Waals surface area contributed by atoms with E-state index >= 15 is 0 Å². The van der Waals surface area contributed by atoms with Gasteiger partial charge in [0.1, 0.15) is 5.76 Å². The van der Waals surface area contributed by atoms with Crippen molar-refractivity contribution in [3.05, 3.63) is 39.8 Å². The van der Waals surface area contributed by atoms with Crippen molar-refractivity contribution in [2.24, 2.45) is 0 Å². The molecule has 0 unspecified atom stereocenters. The van der Waals surface area contributed by atoms with Gasteiger partial charge in [0, 0.05) is 15.8 Å². The zero-order chi connectivity index (χ0) is 9.26. The summed E-state index contributed by atoms with van der Waals surface area (Å²) in [6.45, 7) is 2.04. The van der Waals surface area contributed by atoms with E-state index < -0.39 is 0 Å². The number of carbonyl (C=O) groups excluding carboxylic acids is 1. The van der Waals surface area contributed by atoms with Crippen LogP contribution in [0.5, 0.6) is 0 Å². The molecule has 0 saturated carbocycles. The molecular formula is C10H8O2S. The third-order valence-electron chi connectivity index (χ3n) is 1.65. The highest BCUT2D eigenvalue weighted by Crippen LogP contribution is 2.20. The summed E-state index contributed by atoms with van der Waals surface area (Å²) in [5.41, 5.74) is 0. The van der Waals surface area contributed by atoms with E-state index in [1.54, 1.807) is 17.4 Å². The van der Waals surface area contributed by atoms with Crippen LogP contribution in [0.1, 0.15) is 9.75 Å². The van der Waals surface area contributed by atoms with Crippen molar-refractivity contribution in [1.82, 2.24) is 0 Å². The Morgan fingerprint density at radius 1 is 1.38 bits per heavy atom. The lowest BCUT2D eigenvalue weighted by atomic mass is 10.3. The average molecular weight is 192 g/mol. The maximum absolute atomic E-state index is 10.7. The highest BCUT2D eigenvalue weighted by atomic mass is 32.1. The predicted octanol–water partition coefficient (Wildman–Crippen LogP) is 2.51. The number of allylic oxidation sites excluding steroid dienone is 1. The first-order valence-corrected chi connectivity index (χ1v) is 4.74. The molecule has 3 heteroatoms. The van der Waals surface area contributed by atoms with E-state index in [1.165, 1.54) is 11.0 Å². The van der Waals surface area contributed by atoms with Gasteiger partial charge < -0.3 is 4.74 Å². The maximum atomic E-state index is 10.7. The smallest absolute Gasteiger partial charge is 0.336 e. The van der Waals surface area contributed by atoms with Crippen LogP contribution in [0.2, 0.25) is 0 Å². The molecule has 2 rings (SSSR count). The zero-order valence-electron chi connectivity index (χ0n) is 7.11. The number of hydrogen-bond donors (Lipinski definition) is 0. The molecule has 2 nitrogen and oxygen atoms in total. The van der Waals surface area contributed by atoms with Gasteiger partial charge in [0.05, 0.1) is 0 Å². The fourth-order valence-electron chi connectivity index (χ4n) is 1.08. The van der Waals surface area contributed by atoms with Gasteiger partial charge in [-0.05, 0) is 31.2 Å². The number of ether oxygens (including phenoxy) is 1. The summed E-state index contributed by atoms with van der Waals surface area (Å²) < 4.78 is 4.89. The number of rotatable bonds is 1. The van der Waals surface area contributed by atoms with E-state index in [1.807, 2.05) is 25.1 Å². The minimum atomic E-state index is -0.292. The largest absolute Gasteiger partial charge is 0.423 e. The third kappa shape index (κ3) is 1.87. The summed E-state index contributed by atoms with van der Waals surface area (Å²) in [6, 6.07) is 4.05. The molecule has 0 bridgehead atoms. The van der Waals surface area contributed by atoms with Gasteiger partial charge in [0.2, 0.25) is 0 Å². The lowest BCUT2D eigenvalue weighted by Gasteiger charge is -1.92. The number of carbonyl (C=O) groups is 1. The van der Waals surface area contributed by atoms with Crippen molar-refractivity contribution in [2.45, 2.75) is 6.92 Å². The third-order valence-corrected chi connectivity index (χ3v) is 2.60. The van der Waals surface area contributed by atoms with Crippen LogP contribution in [0.3, 0.4) is 0 Å².